The Morgan fingerprint density at radius 3 is 2.62 bits per heavy atom. The molecule has 1 aromatic carbocycles. The molecule has 0 saturated carbocycles. The van der Waals surface area contributed by atoms with Gasteiger partial charge in [0.25, 0.3) is 0 Å². The second-order valence-electron chi connectivity index (χ2n) is 8.48. The van der Waals surface area contributed by atoms with Gasteiger partial charge in [0, 0.05) is 55.3 Å². The molecule has 0 aliphatic carbocycles. The Hall–Kier alpha value is -3.21. The highest BCUT2D eigenvalue weighted by Crippen LogP contribution is 2.35. The van der Waals surface area contributed by atoms with Crippen molar-refractivity contribution in [3.63, 3.8) is 0 Å². The monoisotopic (exact) mass is 531 g/mol. The molecule has 1 fully saturated rings. The third-order valence-corrected chi connectivity index (χ3v) is 6.27. The van der Waals surface area contributed by atoms with Crippen LogP contribution in [-0.4, -0.2) is 66.4 Å². The van der Waals surface area contributed by atoms with Crippen LogP contribution in [0, 0.1) is 11.6 Å². The molecule has 8 nitrogen and oxygen atoms in total. The molecule has 11 heteroatoms. The fourth-order valence-electron chi connectivity index (χ4n) is 4.12. The average Bonchev–Trinajstić information content (AvgIpc) is 2.89. The van der Waals surface area contributed by atoms with E-state index < -0.39 is 11.6 Å². The lowest BCUT2D eigenvalue weighted by Gasteiger charge is -2.33. The molecular formula is C26H28ClF2N5O3. The van der Waals surface area contributed by atoms with E-state index in [1.165, 1.54) is 18.3 Å². The standard InChI is InChI=1S/C26H28ClF2N5O3/c1-2-36-11-12-37-16-24(35)32-18-6-9-34(10-7-18)23-15-31-25(20-4-3-17(28)13-22(20)29)26(33-23)19-5-8-30-14-21(19)27/h3-5,8,13-15,18H,2,6-7,9-12,16H2,1H3,(H,32,35). The number of hydrogen-bond acceptors (Lipinski definition) is 7. The Morgan fingerprint density at radius 1 is 1.11 bits per heavy atom. The number of halogens is 3. The van der Waals surface area contributed by atoms with Gasteiger partial charge in [0.2, 0.25) is 5.91 Å². The van der Waals surface area contributed by atoms with E-state index in [1.807, 2.05) is 6.92 Å². The molecule has 3 aromatic rings. The Labute approximate surface area is 219 Å². The summed E-state index contributed by atoms with van der Waals surface area (Å²) in [6.07, 6.45) is 6.04. The van der Waals surface area contributed by atoms with E-state index in [4.69, 9.17) is 26.1 Å². The zero-order chi connectivity index (χ0) is 26.2. The van der Waals surface area contributed by atoms with Gasteiger partial charge in [-0.05, 0) is 38.0 Å². The number of piperidine rings is 1. The molecule has 0 unspecified atom stereocenters. The largest absolute Gasteiger partial charge is 0.379 e. The molecular weight excluding hydrogens is 504 g/mol. The molecule has 0 atom stereocenters. The highest BCUT2D eigenvalue weighted by molar-refractivity contribution is 6.33. The van der Waals surface area contributed by atoms with Crippen LogP contribution >= 0.6 is 11.6 Å². The molecule has 1 saturated heterocycles. The zero-order valence-corrected chi connectivity index (χ0v) is 21.2. The van der Waals surface area contributed by atoms with Crippen molar-refractivity contribution in [1.82, 2.24) is 20.3 Å². The maximum Gasteiger partial charge on any atom is 0.246 e. The molecule has 1 N–H and O–H groups in total. The first-order chi connectivity index (χ1) is 18.0. The van der Waals surface area contributed by atoms with Gasteiger partial charge >= 0.3 is 0 Å². The van der Waals surface area contributed by atoms with Crippen LogP contribution in [0.15, 0.2) is 42.9 Å². The van der Waals surface area contributed by atoms with Crippen molar-refractivity contribution in [2.24, 2.45) is 0 Å². The molecule has 37 heavy (non-hydrogen) atoms. The Balaban J connectivity index is 1.47. The molecule has 4 rings (SSSR count). The van der Waals surface area contributed by atoms with E-state index in [9.17, 15) is 13.6 Å². The summed E-state index contributed by atoms with van der Waals surface area (Å²) in [6, 6.07) is 5.02. The molecule has 0 radical (unpaired) electrons. The smallest absolute Gasteiger partial charge is 0.246 e. The second kappa shape index (κ2) is 12.8. The lowest BCUT2D eigenvalue weighted by atomic mass is 10.0. The minimum absolute atomic E-state index is 0.00375. The number of nitrogens with zero attached hydrogens (tertiary/aromatic N) is 4. The van der Waals surface area contributed by atoms with E-state index in [1.54, 1.807) is 18.5 Å². The summed E-state index contributed by atoms with van der Waals surface area (Å²) in [7, 11) is 0. The van der Waals surface area contributed by atoms with Gasteiger partial charge in [-0.2, -0.15) is 0 Å². The van der Waals surface area contributed by atoms with Gasteiger partial charge < -0.3 is 19.7 Å². The summed E-state index contributed by atoms with van der Waals surface area (Å²) in [6.45, 7) is 4.62. The minimum Gasteiger partial charge on any atom is -0.379 e. The highest BCUT2D eigenvalue weighted by Gasteiger charge is 2.24. The van der Waals surface area contributed by atoms with Gasteiger partial charge in [-0.3, -0.25) is 9.78 Å². The summed E-state index contributed by atoms with van der Waals surface area (Å²) >= 11 is 6.39. The molecule has 3 heterocycles. The predicted molar refractivity (Wildman–Crippen MR) is 136 cm³/mol. The molecule has 0 spiro atoms. The van der Waals surface area contributed by atoms with Crippen LogP contribution in [0.3, 0.4) is 0 Å². The number of anilines is 1. The number of hydrogen-bond donors (Lipinski definition) is 1. The number of amides is 1. The van der Waals surface area contributed by atoms with Crippen LogP contribution in [0.4, 0.5) is 14.6 Å². The molecule has 1 amide bonds. The lowest BCUT2D eigenvalue weighted by molar-refractivity contribution is -0.127. The van der Waals surface area contributed by atoms with E-state index in [0.717, 1.165) is 6.07 Å². The number of pyridine rings is 1. The summed E-state index contributed by atoms with van der Waals surface area (Å²) in [5.41, 5.74) is 1.28. The van der Waals surface area contributed by atoms with Crippen LogP contribution < -0.4 is 10.2 Å². The van der Waals surface area contributed by atoms with Crippen LogP contribution in [0.2, 0.25) is 5.02 Å². The van der Waals surface area contributed by atoms with Crippen LogP contribution in [0.25, 0.3) is 22.5 Å². The molecule has 1 aliphatic heterocycles. The van der Waals surface area contributed by atoms with Crippen molar-refractivity contribution in [2.75, 3.05) is 44.4 Å². The first-order valence-corrected chi connectivity index (χ1v) is 12.5. The van der Waals surface area contributed by atoms with Crippen molar-refractivity contribution in [3.05, 3.63) is 59.5 Å². The van der Waals surface area contributed by atoms with Gasteiger partial charge in [0.05, 0.1) is 30.1 Å². The fourth-order valence-corrected chi connectivity index (χ4v) is 4.32. The number of carbonyl (C=O) groups excluding carboxylic acids is 1. The summed E-state index contributed by atoms with van der Waals surface area (Å²) in [5.74, 6) is -0.985. The molecule has 1 aliphatic rings. The lowest BCUT2D eigenvalue weighted by Crippen LogP contribution is -2.46. The van der Waals surface area contributed by atoms with Crippen LogP contribution in [-0.2, 0) is 14.3 Å². The first-order valence-electron chi connectivity index (χ1n) is 12.1. The predicted octanol–water partition coefficient (Wildman–Crippen LogP) is 4.28. The maximum atomic E-state index is 14.7. The van der Waals surface area contributed by atoms with Crippen molar-refractivity contribution in [1.29, 1.82) is 0 Å². The Bertz CT molecular complexity index is 1220. The normalized spacial score (nSPS) is 14.1. The fraction of sp³-hybridized carbons (Fsp3) is 0.385. The number of aromatic nitrogens is 3. The van der Waals surface area contributed by atoms with E-state index in [2.05, 4.69) is 20.2 Å². The van der Waals surface area contributed by atoms with Crippen molar-refractivity contribution in [3.8, 4) is 22.5 Å². The molecule has 0 bridgehead atoms. The van der Waals surface area contributed by atoms with E-state index >= 15 is 0 Å². The van der Waals surface area contributed by atoms with Gasteiger partial charge in [-0.15, -0.1) is 0 Å². The topological polar surface area (TPSA) is 89.5 Å². The third-order valence-electron chi connectivity index (χ3n) is 5.97. The number of benzene rings is 1. The van der Waals surface area contributed by atoms with Crippen molar-refractivity contribution >= 4 is 23.3 Å². The summed E-state index contributed by atoms with van der Waals surface area (Å²) in [5, 5.41) is 3.34. The van der Waals surface area contributed by atoms with Crippen LogP contribution in [0.5, 0.6) is 0 Å². The number of nitrogens with one attached hydrogen (secondary N) is 1. The highest BCUT2D eigenvalue weighted by atomic mass is 35.5. The number of carbonyl (C=O) groups is 1. The zero-order valence-electron chi connectivity index (χ0n) is 20.4. The minimum atomic E-state index is -0.744. The Morgan fingerprint density at radius 2 is 1.89 bits per heavy atom. The average molecular weight is 532 g/mol. The van der Waals surface area contributed by atoms with E-state index in [-0.39, 0.29) is 29.8 Å². The number of ether oxygens (including phenoxy) is 2. The summed E-state index contributed by atoms with van der Waals surface area (Å²) in [4.78, 5) is 27.5. The van der Waals surface area contributed by atoms with Crippen molar-refractivity contribution in [2.45, 2.75) is 25.8 Å². The van der Waals surface area contributed by atoms with Gasteiger partial charge in [0.15, 0.2) is 0 Å². The van der Waals surface area contributed by atoms with E-state index in [0.29, 0.717) is 67.8 Å². The van der Waals surface area contributed by atoms with Crippen LogP contribution in [0.1, 0.15) is 19.8 Å². The first kappa shape index (κ1) is 26.8. The summed E-state index contributed by atoms with van der Waals surface area (Å²) < 4.78 is 38.7. The molecule has 196 valence electrons. The molecule has 2 aromatic heterocycles. The van der Waals surface area contributed by atoms with Gasteiger partial charge in [-0.25, -0.2) is 18.7 Å². The van der Waals surface area contributed by atoms with Gasteiger partial charge in [-0.1, -0.05) is 11.6 Å². The number of rotatable bonds is 10. The second-order valence-corrected chi connectivity index (χ2v) is 8.89. The van der Waals surface area contributed by atoms with Gasteiger partial charge in [0.1, 0.15) is 29.8 Å². The third kappa shape index (κ3) is 6.97. The quantitative estimate of drug-likeness (QED) is 0.391. The maximum absolute atomic E-state index is 14.7. The van der Waals surface area contributed by atoms with Crippen molar-refractivity contribution < 1.29 is 23.0 Å². The Kier molecular flexibility index (Phi) is 9.32. The SMILES string of the molecule is CCOCCOCC(=O)NC1CCN(c2cnc(-c3ccc(F)cc3F)c(-c3ccncc3Cl)n2)CC1.